The van der Waals surface area contributed by atoms with Gasteiger partial charge in [0.15, 0.2) is 0 Å². The molecule has 1 aliphatic heterocycles. The summed E-state index contributed by atoms with van der Waals surface area (Å²) in [5, 5.41) is 4.11. The molecule has 2 aromatic carbocycles. The molecule has 1 aromatic heterocycles. The lowest BCUT2D eigenvalue weighted by Crippen LogP contribution is -2.34. The number of hydrogen-bond donors (Lipinski definition) is 0. The number of halogens is 2. The van der Waals surface area contributed by atoms with Crippen LogP contribution in [0.15, 0.2) is 65.6 Å². The lowest BCUT2D eigenvalue weighted by Gasteiger charge is -2.17. The molecule has 2 atom stereocenters. The fourth-order valence-corrected chi connectivity index (χ4v) is 3.86. The van der Waals surface area contributed by atoms with Crippen molar-refractivity contribution in [3.8, 4) is 11.4 Å². The summed E-state index contributed by atoms with van der Waals surface area (Å²) in [6.45, 7) is 1.73. The molecule has 3 aromatic rings. The van der Waals surface area contributed by atoms with Crippen LogP contribution in [0.1, 0.15) is 13.4 Å². The van der Waals surface area contributed by atoms with Crippen LogP contribution >= 0.6 is 0 Å². The highest BCUT2D eigenvalue weighted by Gasteiger charge is 2.46. The van der Waals surface area contributed by atoms with Crippen LogP contribution in [-0.2, 0) is 11.2 Å². The molecule has 0 radical (unpaired) electrons. The van der Waals surface area contributed by atoms with Crippen molar-refractivity contribution in [1.29, 1.82) is 0 Å². The number of hydrogen-bond acceptors (Lipinski definition) is 4. The Bertz CT molecular complexity index is 1140. The van der Waals surface area contributed by atoms with E-state index in [4.69, 9.17) is 0 Å². The number of nitrogens with zero attached hydrogens (tertiary/aromatic N) is 3. The summed E-state index contributed by atoms with van der Waals surface area (Å²) < 4.78 is 30.5. The number of rotatable bonds is 4. The number of piperidine rings is 1. The summed E-state index contributed by atoms with van der Waals surface area (Å²) in [6.07, 6.45) is 3.01. The van der Waals surface area contributed by atoms with Gasteiger partial charge in [-0.1, -0.05) is 18.2 Å². The number of methoxy groups -OCH3 is 1. The fourth-order valence-electron chi connectivity index (χ4n) is 3.86. The molecule has 8 heteroatoms. The zero-order chi connectivity index (χ0) is 22.7. The molecule has 32 heavy (non-hydrogen) atoms. The van der Waals surface area contributed by atoms with Gasteiger partial charge in [0.05, 0.1) is 19.2 Å². The van der Waals surface area contributed by atoms with Gasteiger partial charge in [0.1, 0.15) is 17.4 Å². The van der Waals surface area contributed by atoms with Crippen LogP contribution in [0.25, 0.3) is 5.69 Å². The minimum atomic E-state index is -0.628. The summed E-state index contributed by atoms with van der Waals surface area (Å²) in [5.74, 6) is 0.408. The molecule has 5 rings (SSSR count). The number of ether oxygens (including phenoxy) is 1. The van der Waals surface area contributed by atoms with E-state index in [-0.39, 0.29) is 25.1 Å². The highest BCUT2D eigenvalue weighted by atomic mass is 19.1. The van der Waals surface area contributed by atoms with Gasteiger partial charge in [-0.25, -0.2) is 8.78 Å². The molecule has 0 spiro atoms. The molecule has 1 saturated heterocycles. The molecule has 0 N–H and O–H groups in total. The molecule has 0 bridgehead atoms. The molecule has 1 amide bonds. The maximum absolute atomic E-state index is 12.5. The third kappa shape index (κ3) is 5.01. The van der Waals surface area contributed by atoms with Crippen LogP contribution in [0.3, 0.4) is 0 Å². The van der Waals surface area contributed by atoms with Crippen LogP contribution in [-0.4, -0.2) is 40.8 Å². The Labute approximate surface area is 185 Å². The molecule has 1 unspecified atom stereocenters. The molecule has 2 fully saturated rings. The highest BCUT2D eigenvalue weighted by molar-refractivity contribution is 5.79. The minimum Gasteiger partial charge on any atom is -0.497 e. The Morgan fingerprint density at radius 1 is 1.09 bits per heavy atom. The normalized spacial score (nSPS) is 18.4. The van der Waals surface area contributed by atoms with Crippen LogP contribution < -0.4 is 10.3 Å². The van der Waals surface area contributed by atoms with Gasteiger partial charge >= 0.3 is 0 Å². The van der Waals surface area contributed by atoms with Gasteiger partial charge in [-0.2, -0.15) is 9.78 Å². The number of para-hydroxylation sites is 1. The number of fused-ring (bicyclic) bond motifs is 1. The number of amides is 1. The largest absolute Gasteiger partial charge is 0.497 e. The number of carbonyl (C=O) groups excluding carboxylic acids is 1. The van der Waals surface area contributed by atoms with E-state index in [1.807, 2.05) is 35.2 Å². The van der Waals surface area contributed by atoms with Crippen molar-refractivity contribution >= 4 is 5.91 Å². The first-order valence-electron chi connectivity index (χ1n) is 10.3. The summed E-state index contributed by atoms with van der Waals surface area (Å²) in [5.41, 5.74) is 1.00. The second-order valence-corrected chi connectivity index (χ2v) is 7.95. The van der Waals surface area contributed by atoms with Gasteiger partial charge in [0.2, 0.25) is 5.91 Å². The molecule has 168 valence electrons. The average molecular weight is 441 g/mol. The number of likely N-dealkylation sites (tertiary alicyclic amines) is 1. The summed E-state index contributed by atoms with van der Waals surface area (Å²) >= 11 is 0. The van der Waals surface area contributed by atoms with Crippen LogP contribution in [0.5, 0.6) is 5.75 Å². The maximum atomic E-state index is 12.5. The predicted molar refractivity (Wildman–Crippen MR) is 117 cm³/mol. The standard InChI is InChI=1S/C17H17N3O2.C7H6F2O.H2/c21-16(19-10-13-8-14(13)11-19)9-12-6-7-18-20(17(12)22)15-4-2-1-3-5-15;1-10-7-3-5(8)2-6(9)4-7;/h1-7,13-14H,8-11H2;2-4H,1H3;1H/t13-,14?;;/m1../s1. The third-order valence-corrected chi connectivity index (χ3v) is 5.67. The Kier molecular flexibility index (Phi) is 6.30. The minimum absolute atomic E-state index is 0. The van der Waals surface area contributed by atoms with Gasteiger partial charge in [0, 0.05) is 44.5 Å². The van der Waals surface area contributed by atoms with Crippen LogP contribution in [0.2, 0.25) is 0 Å². The summed E-state index contributed by atoms with van der Waals surface area (Å²) in [6, 6.07) is 13.9. The Hall–Kier alpha value is -3.55. The predicted octanol–water partition coefficient (Wildman–Crippen LogP) is 3.47. The molecular weight excluding hydrogens is 416 g/mol. The van der Waals surface area contributed by atoms with Crippen molar-refractivity contribution in [2.75, 3.05) is 20.2 Å². The van der Waals surface area contributed by atoms with Gasteiger partial charge in [-0.05, 0) is 36.5 Å². The zero-order valence-corrected chi connectivity index (χ0v) is 17.6. The van der Waals surface area contributed by atoms with E-state index in [2.05, 4.69) is 9.84 Å². The van der Waals surface area contributed by atoms with Crippen molar-refractivity contribution in [2.45, 2.75) is 12.8 Å². The van der Waals surface area contributed by atoms with E-state index in [1.54, 1.807) is 12.3 Å². The van der Waals surface area contributed by atoms with E-state index in [0.717, 1.165) is 31.3 Å². The molecule has 2 heterocycles. The number of carbonyl (C=O) groups is 1. The first-order chi connectivity index (χ1) is 15.4. The van der Waals surface area contributed by atoms with Gasteiger partial charge in [0.25, 0.3) is 5.56 Å². The molecule has 1 saturated carbocycles. The Balaban J connectivity index is 0.000000237. The van der Waals surface area contributed by atoms with Crippen molar-refractivity contribution in [3.63, 3.8) is 0 Å². The van der Waals surface area contributed by atoms with Crippen LogP contribution in [0.4, 0.5) is 8.78 Å². The molecule has 2 aliphatic rings. The van der Waals surface area contributed by atoms with E-state index < -0.39 is 11.6 Å². The van der Waals surface area contributed by atoms with E-state index in [1.165, 1.54) is 18.2 Å². The molecule has 1 aliphatic carbocycles. The van der Waals surface area contributed by atoms with Crippen molar-refractivity contribution in [3.05, 3.63) is 88.3 Å². The summed E-state index contributed by atoms with van der Waals surface area (Å²) in [4.78, 5) is 26.8. The average Bonchev–Trinajstić information content (AvgIpc) is 3.40. The monoisotopic (exact) mass is 441 g/mol. The van der Waals surface area contributed by atoms with Gasteiger partial charge < -0.3 is 9.64 Å². The fraction of sp³-hybridized carbons (Fsp3) is 0.292. The van der Waals surface area contributed by atoms with Crippen molar-refractivity contribution in [2.24, 2.45) is 11.8 Å². The Morgan fingerprint density at radius 3 is 2.38 bits per heavy atom. The smallest absolute Gasteiger partial charge is 0.275 e. The SMILES string of the molecule is COc1cc(F)cc(F)c1.O=C(Cc1ccnn(-c2ccccc2)c1=O)N1CC2C[C@@H]2C1.[HH]. The second-order valence-electron chi connectivity index (χ2n) is 7.95. The molecular formula is C24H25F2N3O3. The van der Waals surface area contributed by atoms with Crippen LogP contribution in [0, 0.1) is 23.5 Å². The lowest BCUT2D eigenvalue weighted by molar-refractivity contribution is -0.129. The van der Waals surface area contributed by atoms with Gasteiger partial charge in [-0.3, -0.25) is 9.59 Å². The quantitative estimate of drug-likeness (QED) is 0.622. The third-order valence-electron chi connectivity index (χ3n) is 5.67. The van der Waals surface area contributed by atoms with Crippen molar-refractivity contribution < 1.29 is 19.7 Å². The number of benzene rings is 2. The van der Waals surface area contributed by atoms with Gasteiger partial charge in [-0.15, -0.1) is 0 Å². The first kappa shape index (κ1) is 21.7. The topological polar surface area (TPSA) is 64.4 Å². The highest BCUT2D eigenvalue weighted by Crippen LogP contribution is 2.44. The second kappa shape index (κ2) is 9.30. The number of aromatic nitrogens is 2. The van der Waals surface area contributed by atoms with Crippen molar-refractivity contribution in [1.82, 2.24) is 14.7 Å². The zero-order valence-electron chi connectivity index (χ0n) is 17.6. The Morgan fingerprint density at radius 2 is 1.75 bits per heavy atom. The lowest BCUT2D eigenvalue weighted by atomic mass is 10.2. The summed E-state index contributed by atoms with van der Waals surface area (Å²) in [7, 11) is 1.36. The van der Waals surface area contributed by atoms with E-state index in [9.17, 15) is 18.4 Å². The van der Waals surface area contributed by atoms with E-state index in [0.29, 0.717) is 23.1 Å². The maximum Gasteiger partial charge on any atom is 0.275 e. The first-order valence-corrected chi connectivity index (χ1v) is 10.3. The van der Waals surface area contributed by atoms with E-state index >= 15 is 0 Å². The molecule has 6 nitrogen and oxygen atoms in total.